The molecule has 0 spiro atoms. The van der Waals surface area contributed by atoms with Crippen molar-refractivity contribution >= 4 is 11.7 Å². The van der Waals surface area contributed by atoms with Crippen LogP contribution in [0, 0.1) is 0 Å². The van der Waals surface area contributed by atoms with Gasteiger partial charge in [0.2, 0.25) is 0 Å². The maximum Gasteiger partial charge on any atom is 0.417 e. The molecule has 1 atom stereocenters. The first-order valence-corrected chi connectivity index (χ1v) is 9.74. The van der Waals surface area contributed by atoms with Crippen LogP contribution < -0.4 is 10.2 Å². The molecule has 1 aromatic heterocycles. The zero-order valence-corrected chi connectivity index (χ0v) is 16.1. The van der Waals surface area contributed by atoms with Crippen LogP contribution in [0.3, 0.4) is 0 Å². The fourth-order valence-corrected chi connectivity index (χ4v) is 3.73. The Labute approximate surface area is 171 Å². The van der Waals surface area contributed by atoms with Crippen molar-refractivity contribution in [1.29, 1.82) is 0 Å². The number of aromatic nitrogens is 2. The van der Waals surface area contributed by atoms with Crippen molar-refractivity contribution in [3.05, 3.63) is 71.8 Å². The van der Waals surface area contributed by atoms with Crippen LogP contribution in [0.2, 0.25) is 0 Å². The molecule has 5 nitrogen and oxygen atoms in total. The van der Waals surface area contributed by atoms with Gasteiger partial charge in [-0.25, -0.2) is 0 Å². The number of H-pyrrole nitrogens is 1. The van der Waals surface area contributed by atoms with Gasteiger partial charge in [0.05, 0.1) is 16.8 Å². The molecule has 156 valence electrons. The summed E-state index contributed by atoms with van der Waals surface area (Å²) in [5.74, 6) is 0.0465. The first-order chi connectivity index (χ1) is 14.4. The number of nitrogens with one attached hydrogen (secondary N) is 2. The lowest BCUT2D eigenvalue weighted by atomic mass is 10.0. The van der Waals surface area contributed by atoms with Crippen LogP contribution >= 0.6 is 0 Å². The molecule has 2 heterocycles. The van der Waals surface area contributed by atoms with Crippen LogP contribution in [0.4, 0.5) is 19.0 Å². The number of carbonyl (C=O) groups is 1. The smallest absolute Gasteiger partial charge is 0.353 e. The lowest BCUT2D eigenvalue weighted by Gasteiger charge is -2.33. The maximum absolute atomic E-state index is 13.2. The number of piperidine rings is 1. The predicted octanol–water partition coefficient (Wildman–Crippen LogP) is 4.49. The summed E-state index contributed by atoms with van der Waals surface area (Å²) < 4.78 is 39.6. The van der Waals surface area contributed by atoms with E-state index in [1.807, 2.05) is 41.3 Å². The number of anilines is 1. The second-order valence-corrected chi connectivity index (χ2v) is 7.31. The maximum atomic E-state index is 13.2. The van der Waals surface area contributed by atoms with Gasteiger partial charge in [0.25, 0.3) is 5.91 Å². The molecule has 0 radical (unpaired) electrons. The van der Waals surface area contributed by atoms with Crippen molar-refractivity contribution in [2.75, 3.05) is 18.0 Å². The van der Waals surface area contributed by atoms with Crippen molar-refractivity contribution in [2.45, 2.75) is 25.1 Å². The minimum atomic E-state index is -4.57. The average molecular weight is 414 g/mol. The summed E-state index contributed by atoms with van der Waals surface area (Å²) in [5.41, 5.74) is 0.626. The molecule has 0 aliphatic carbocycles. The third-order valence-electron chi connectivity index (χ3n) is 5.21. The molecule has 1 unspecified atom stereocenters. The first kappa shape index (κ1) is 20.0. The Kier molecular flexibility index (Phi) is 5.48. The number of halogens is 3. The number of amides is 1. The van der Waals surface area contributed by atoms with Crippen LogP contribution in [0.1, 0.15) is 28.8 Å². The Morgan fingerprint density at radius 2 is 1.83 bits per heavy atom. The predicted molar refractivity (Wildman–Crippen MR) is 108 cm³/mol. The molecule has 8 heteroatoms. The fraction of sp³-hybridized carbons (Fsp3) is 0.273. The molecule has 1 amide bonds. The second kappa shape index (κ2) is 8.22. The molecule has 2 N–H and O–H groups in total. The van der Waals surface area contributed by atoms with Gasteiger partial charge in [-0.05, 0) is 30.5 Å². The molecule has 1 saturated heterocycles. The summed E-state index contributed by atoms with van der Waals surface area (Å²) in [5, 5.41) is 10.2. The Bertz CT molecular complexity index is 1020. The van der Waals surface area contributed by atoms with E-state index in [4.69, 9.17) is 0 Å². The highest BCUT2D eigenvalue weighted by atomic mass is 19.4. The molecular weight excluding hydrogens is 393 g/mol. The van der Waals surface area contributed by atoms with Crippen LogP contribution in [-0.2, 0) is 6.18 Å². The van der Waals surface area contributed by atoms with Crippen molar-refractivity contribution in [2.24, 2.45) is 0 Å². The Balaban J connectivity index is 1.45. The van der Waals surface area contributed by atoms with Gasteiger partial charge in [-0.3, -0.25) is 9.89 Å². The standard InChI is InChI=1S/C22H21F3N4O/c23-22(24,25)18-11-5-4-10-17(18)21(30)26-16-9-6-12-29(14-16)20-13-19(27-28-20)15-7-2-1-3-8-15/h1-5,7-8,10-11,13,16H,6,9,12,14H2,(H,26,30)(H,27,28). The van der Waals surface area contributed by atoms with Crippen LogP contribution in [0.5, 0.6) is 0 Å². The number of hydrogen-bond acceptors (Lipinski definition) is 3. The summed E-state index contributed by atoms with van der Waals surface area (Å²) in [6.07, 6.45) is -3.07. The second-order valence-electron chi connectivity index (χ2n) is 7.31. The van der Waals surface area contributed by atoms with E-state index in [0.29, 0.717) is 13.0 Å². The van der Waals surface area contributed by atoms with Gasteiger partial charge in [0, 0.05) is 25.2 Å². The summed E-state index contributed by atoms with van der Waals surface area (Å²) in [6, 6.07) is 16.3. The van der Waals surface area contributed by atoms with Gasteiger partial charge < -0.3 is 10.2 Å². The van der Waals surface area contributed by atoms with Crippen LogP contribution in [0.15, 0.2) is 60.7 Å². The Hall–Kier alpha value is -3.29. The first-order valence-electron chi connectivity index (χ1n) is 9.74. The van der Waals surface area contributed by atoms with Crippen molar-refractivity contribution < 1.29 is 18.0 Å². The fourth-order valence-electron chi connectivity index (χ4n) is 3.73. The zero-order valence-electron chi connectivity index (χ0n) is 16.1. The number of hydrogen-bond donors (Lipinski definition) is 2. The van der Waals surface area contributed by atoms with E-state index < -0.39 is 17.6 Å². The monoisotopic (exact) mass is 414 g/mol. The summed E-state index contributed by atoms with van der Waals surface area (Å²) >= 11 is 0. The highest BCUT2D eigenvalue weighted by Gasteiger charge is 2.35. The Morgan fingerprint density at radius 1 is 1.10 bits per heavy atom. The topological polar surface area (TPSA) is 61.0 Å². The number of benzene rings is 2. The highest BCUT2D eigenvalue weighted by molar-refractivity contribution is 5.96. The van der Waals surface area contributed by atoms with Gasteiger partial charge in [-0.1, -0.05) is 42.5 Å². The minimum absolute atomic E-state index is 0.260. The number of aromatic amines is 1. The molecule has 1 aliphatic rings. The molecule has 0 saturated carbocycles. The molecule has 2 aromatic carbocycles. The number of nitrogens with zero attached hydrogens (tertiary/aromatic N) is 2. The summed E-state index contributed by atoms with van der Waals surface area (Å²) in [7, 11) is 0. The molecule has 1 aliphatic heterocycles. The van der Waals surface area contributed by atoms with Crippen molar-refractivity contribution in [3.63, 3.8) is 0 Å². The minimum Gasteiger partial charge on any atom is -0.353 e. The number of alkyl halides is 3. The Morgan fingerprint density at radius 3 is 2.60 bits per heavy atom. The van der Waals surface area contributed by atoms with Crippen LogP contribution in [0.25, 0.3) is 11.3 Å². The SMILES string of the molecule is O=C(NC1CCCN(c2cc(-c3ccccc3)[nH]n2)C1)c1ccccc1C(F)(F)F. The molecule has 0 bridgehead atoms. The summed E-state index contributed by atoms with van der Waals surface area (Å²) in [4.78, 5) is 14.6. The zero-order chi connectivity index (χ0) is 21.1. The average Bonchev–Trinajstić information content (AvgIpc) is 3.24. The van der Waals surface area contributed by atoms with Gasteiger partial charge in [-0.2, -0.15) is 18.3 Å². The largest absolute Gasteiger partial charge is 0.417 e. The number of rotatable bonds is 4. The molecule has 4 rings (SSSR count). The van der Waals surface area contributed by atoms with E-state index >= 15 is 0 Å². The van der Waals surface area contributed by atoms with Crippen LogP contribution in [-0.4, -0.2) is 35.2 Å². The van der Waals surface area contributed by atoms with E-state index in [9.17, 15) is 18.0 Å². The van der Waals surface area contributed by atoms with E-state index in [-0.39, 0.29) is 11.6 Å². The van der Waals surface area contributed by atoms with Gasteiger partial charge in [0.1, 0.15) is 0 Å². The third kappa shape index (κ3) is 4.32. The van der Waals surface area contributed by atoms with Gasteiger partial charge in [-0.15, -0.1) is 0 Å². The normalized spacial score (nSPS) is 17.0. The van der Waals surface area contributed by atoms with Crippen molar-refractivity contribution in [3.8, 4) is 11.3 Å². The van der Waals surface area contributed by atoms with E-state index in [2.05, 4.69) is 15.5 Å². The lowest BCUT2D eigenvalue weighted by Crippen LogP contribution is -2.48. The van der Waals surface area contributed by atoms with Gasteiger partial charge in [0.15, 0.2) is 5.82 Å². The third-order valence-corrected chi connectivity index (χ3v) is 5.21. The quantitative estimate of drug-likeness (QED) is 0.661. The highest BCUT2D eigenvalue weighted by Crippen LogP contribution is 2.32. The molecule has 30 heavy (non-hydrogen) atoms. The molecule has 3 aromatic rings. The lowest BCUT2D eigenvalue weighted by molar-refractivity contribution is -0.137. The van der Waals surface area contributed by atoms with E-state index in [1.54, 1.807) is 0 Å². The molecular formula is C22H21F3N4O. The number of carbonyl (C=O) groups excluding carboxylic acids is 1. The van der Waals surface area contributed by atoms with E-state index in [0.717, 1.165) is 36.1 Å². The van der Waals surface area contributed by atoms with Crippen molar-refractivity contribution in [1.82, 2.24) is 15.5 Å². The van der Waals surface area contributed by atoms with E-state index in [1.165, 1.54) is 18.2 Å². The molecule has 1 fully saturated rings. The summed E-state index contributed by atoms with van der Waals surface area (Å²) in [6.45, 7) is 1.25. The van der Waals surface area contributed by atoms with Gasteiger partial charge >= 0.3 is 6.18 Å².